The van der Waals surface area contributed by atoms with Gasteiger partial charge in [0, 0.05) is 29.5 Å². The van der Waals surface area contributed by atoms with Crippen LogP contribution < -0.4 is 16.4 Å². The van der Waals surface area contributed by atoms with E-state index in [1.54, 1.807) is 30.3 Å². The number of hydrogen-bond donors (Lipinski definition) is 7. The third-order valence-corrected chi connectivity index (χ3v) is 9.61. The Balaban J connectivity index is 1.63. The molecule has 8 N–H and O–H groups in total. The number of nitrogens with one attached hydrogen (secondary N) is 2. The number of primary amides is 1. The molecular weight excluding hydrogens is 726 g/mol. The molecule has 1 aromatic heterocycles. The predicted molar refractivity (Wildman–Crippen MR) is 171 cm³/mol. The molecule has 4 aromatic rings. The summed E-state index contributed by atoms with van der Waals surface area (Å²) in [6.07, 6.45) is -0.805. The average molecular weight is 757 g/mol. The van der Waals surface area contributed by atoms with Crippen LogP contribution in [0.5, 0.6) is 0 Å². The Morgan fingerprint density at radius 2 is 1.22 bits per heavy atom. The van der Waals surface area contributed by atoms with Crippen LogP contribution in [-0.2, 0) is 42.9 Å². The number of carbonyl (C=O) groups excluding carboxylic acids is 3. The molecule has 0 fully saturated rings. The van der Waals surface area contributed by atoms with E-state index in [0.29, 0.717) is 5.56 Å². The molecule has 0 radical (unpaired) electrons. The SMILES string of the molecule is Cc1onc(-c2ccccc2)c1C(=O)NC(Cc1ccc(C(F)(F)P(=O)(O)O)cc1)C(=O)NC(Cc1ccc(C(F)(F)P(=O)(O)O)cc1)C(N)=O. The maximum absolute atomic E-state index is 14.2. The average Bonchev–Trinajstić information content (AvgIpc) is 3.45. The summed E-state index contributed by atoms with van der Waals surface area (Å²) in [5, 5.41) is 8.79. The van der Waals surface area contributed by atoms with Crippen molar-refractivity contribution in [3.05, 3.63) is 112 Å². The molecule has 0 saturated heterocycles. The fourth-order valence-electron chi connectivity index (χ4n) is 4.86. The molecule has 0 spiro atoms. The molecule has 20 heteroatoms. The minimum absolute atomic E-state index is 0.0608. The normalized spacial score (nSPS) is 13.7. The molecule has 0 aliphatic heterocycles. The number of amides is 3. The van der Waals surface area contributed by atoms with Gasteiger partial charge in [-0.15, -0.1) is 0 Å². The number of alkyl halides is 4. The van der Waals surface area contributed by atoms with E-state index in [1.807, 2.05) is 0 Å². The molecule has 51 heavy (non-hydrogen) atoms. The van der Waals surface area contributed by atoms with Crippen LogP contribution >= 0.6 is 15.2 Å². The number of halogens is 4. The van der Waals surface area contributed by atoms with Crippen LogP contribution in [0.25, 0.3) is 11.3 Å². The zero-order chi connectivity index (χ0) is 37.9. The molecule has 2 unspecified atom stereocenters. The highest BCUT2D eigenvalue weighted by Gasteiger charge is 2.51. The fraction of sp³-hybridized carbons (Fsp3) is 0.226. The van der Waals surface area contributed by atoms with Crippen LogP contribution in [-0.4, -0.2) is 54.5 Å². The van der Waals surface area contributed by atoms with Crippen molar-refractivity contribution in [3.63, 3.8) is 0 Å². The Hall–Kier alpha value is -4.70. The first-order chi connectivity index (χ1) is 23.6. The largest absolute Gasteiger partial charge is 0.399 e. The summed E-state index contributed by atoms with van der Waals surface area (Å²) < 4.78 is 84.4. The Morgan fingerprint density at radius 1 is 0.765 bits per heavy atom. The van der Waals surface area contributed by atoms with Gasteiger partial charge in [0.15, 0.2) is 0 Å². The van der Waals surface area contributed by atoms with Crippen LogP contribution in [0, 0.1) is 6.92 Å². The first kappa shape index (κ1) is 39.1. The van der Waals surface area contributed by atoms with Crippen LogP contribution in [0.4, 0.5) is 17.6 Å². The standard InChI is InChI=1S/C31H30F4N4O10P2/c1-17-25(26(39-49-17)20-5-3-2-4-6-20)29(42)38-24(16-19-9-13-22(14-10-19)31(34,35)51(46,47)48)28(41)37-23(27(36)40)15-18-7-11-21(12-8-18)30(32,33)50(43,44)45/h2-14,23-24H,15-16H2,1H3,(H2,36,40)(H,37,41)(H,38,42)(H2,43,44,45)(H2,46,47,48). The highest BCUT2D eigenvalue weighted by molar-refractivity contribution is 7.52. The number of carbonyl (C=O) groups is 3. The molecule has 0 aliphatic rings. The van der Waals surface area contributed by atoms with Crippen LogP contribution in [0.1, 0.15) is 38.4 Å². The topological polar surface area (TPSA) is 242 Å². The van der Waals surface area contributed by atoms with E-state index in [2.05, 4.69) is 15.8 Å². The summed E-state index contributed by atoms with van der Waals surface area (Å²) in [7, 11) is -11.7. The van der Waals surface area contributed by atoms with Gasteiger partial charge in [-0.05, 0) is 18.1 Å². The molecule has 3 aromatic carbocycles. The van der Waals surface area contributed by atoms with E-state index >= 15 is 0 Å². The van der Waals surface area contributed by atoms with Crippen LogP contribution in [0.2, 0.25) is 0 Å². The van der Waals surface area contributed by atoms with E-state index in [1.165, 1.54) is 6.92 Å². The Labute approximate surface area is 286 Å². The summed E-state index contributed by atoms with van der Waals surface area (Å²) in [4.78, 5) is 75.8. The van der Waals surface area contributed by atoms with Crippen molar-refractivity contribution in [3.8, 4) is 11.3 Å². The summed E-state index contributed by atoms with van der Waals surface area (Å²) in [6, 6.07) is 12.4. The Kier molecular flexibility index (Phi) is 11.4. The molecule has 0 saturated carbocycles. The van der Waals surface area contributed by atoms with Gasteiger partial charge in [0.2, 0.25) is 11.8 Å². The van der Waals surface area contributed by atoms with Gasteiger partial charge in [-0.25, -0.2) is 0 Å². The number of rotatable bonds is 14. The van der Waals surface area contributed by atoms with Crippen molar-refractivity contribution < 1.29 is 65.2 Å². The highest BCUT2D eigenvalue weighted by atomic mass is 31.2. The maximum Gasteiger partial charge on any atom is 0.399 e. The van der Waals surface area contributed by atoms with Crippen molar-refractivity contribution in [2.24, 2.45) is 5.73 Å². The molecule has 0 bridgehead atoms. The van der Waals surface area contributed by atoms with E-state index in [4.69, 9.17) is 29.8 Å². The van der Waals surface area contributed by atoms with Gasteiger partial charge in [0.25, 0.3) is 5.91 Å². The monoisotopic (exact) mass is 756 g/mol. The highest BCUT2D eigenvalue weighted by Crippen LogP contribution is 2.60. The molecule has 2 atom stereocenters. The second kappa shape index (κ2) is 14.9. The van der Waals surface area contributed by atoms with Gasteiger partial charge < -0.3 is 40.5 Å². The lowest BCUT2D eigenvalue weighted by molar-refractivity contribution is -0.128. The second-order valence-corrected chi connectivity index (χ2v) is 14.6. The van der Waals surface area contributed by atoms with E-state index < -0.39 is 80.3 Å². The van der Waals surface area contributed by atoms with Gasteiger partial charge >= 0.3 is 26.5 Å². The Bertz CT molecular complexity index is 2000. The fourth-order valence-corrected chi connectivity index (χ4v) is 5.83. The van der Waals surface area contributed by atoms with Crippen molar-refractivity contribution in [2.75, 3.05) is 0 Å². The molecule has 1 heterocycles. The van der Waals surface area contributed by atoms with E-state index in [-0.39, 0.29) is 28.1 Å². The lowest BCUT2D eigenvalue weighted by Crippen LogP contribution is -2.54. The van der Waals surface area contributed by atoms with Crippen LogP contribution in [0.3, 0.4) is 0 Å². The number of benzene rings is 3. The summed E-state index contributed by atoms with van der Waals surface area (Å²) in [6.45, 7) is 1.44. The quantitative estimate of drug-likeness (QED) is 0.0723. The number of hydrogen-bond acceptors (Lipinski definition) is 7. The maximum atomic E-state index is 14.2. The van der Waals surface area contributed by atoms with Gasteiger partial charge in [0.1, 0.15) is 29.1 Å². The summed E-state index contributed by atoms with van der Waals surface area (Å²) >= 11 is 0. The summed E-state index contributed by atoms with van der Waals surface area (Å²) in [5.41, 5.74) is -4.73. The molecule has 4 rings (SSSR count). The molecule has 3 amide bonds. The second-order valence-electron chi connectivity index (χ2n) is 11.3. The number of nitrogens with two attached hydrogens (primary N) is 1. The number of nitrogens with zero attached hydrogens (tertiary/aromatic N) is 1. The lowest BCUT2D eigenvalue weighted by Gasteiger charge is -2.23. The van der Waals surface area contributed by atoms with Crippen molar-refractivity contribution >= 4 is 32.9 Å². The third kappa shape index (κ3) is 8.79. The zero-order valence-corrected chi connectivity index (χ0v) is 28.0. The molecular formula is C31H30F4N4O10P2. The third-order valence-electron chi connectivity index (χ3n) is 7.63. The molecule has 14 nitrogen and oxygen atoms in total. The van der Waals surface area contributed by atoms with Gasteiger partial charge in [-0.2, -0.15) is 17.6 Å². The van der Waals surface area contributed by atoms with Gasteiger partial charge in [-0.1, -0.05) is 84.0 Å². The van der Waals surface area contributed by atoms with Gasteiger partial charge in [0.05, 0.1) is 0 Å². The molecule has 272 valence electrons. The predicted octanol–water partition coefficient (Wildman–Crippen LogP) is 3.66. The zero-order valence-electron chi connectivity index (χ0n) is 26.2. The van der Waals surface area contributed by atoms with Crippen molar-refractivity contribution in [1.82, 2.24) is 15.8 Å². The minimum Gasteiger partial charge on any atom is -0.368 e. The van der Waals surface area contributed by atoms with Crippen molar-refractivity contribution in [1.29, 1.82) is 0 Å². The van der Waals surface area contributed by atoms with Crippen molar-refractivity contribution in [2.45, 2.75) is 43.2 Å². The first-order valence-corrected chi connectivity index (χ1v) is 17.8. The number of aryl methyl sites for hydroxylation is 1. The Morgan fingerprint density at radius 3 is 1.65 bits per heavy atom. The van der Waals surface area contributed by atoms with E-state index in [9.17, 15) is 41.1 Å². The van der Waals surface area contributed by atoms with Crippen LogP contribution in [0.15, 0.2) is 83.4 Å². The number of aromatic nitrogens is 1. The minimum atomic E-state index is -5.89. The smallest absolute Gasteiger partial charge is 0.368 e. The first-order valence-electron chi connectivity index (χ1n) is 14.6. The summed E-state index contributed by atoms with van der Waals surface area (Å²) in [5.74, 6) is -2.91. The molecule has 0 aliphatic carbocycles. The van der Waals surface area contributed by atoms with Gasteiger partial charge in [-0.3, -0.25) is 23.5 Å². The lowest BCUT2D eigenvalue weighted by atomic mass is 10.00. The van der Waals surface area contributed by atoms with E-state index in [0.717, 1.165) is 48.5 Å².